The smallest absolute Gasteiger partial charge is 0.167 e. The summed E-state index contributed by atoms with van der Waals surface area (Å²) in [6, 6.07) is 8.06. The lowest BCUT2D eigenvalue weighted by Crippen LogP contribution is -2.18. The molecule has 0 radical (unpaired) electrons. The topological polar surface area (TPSA) is 38.1 Å². The van der Waals surface area contributed by atoms with Gasteiger partial charge in [0.2, 0.25) is 0 Å². The van der Waals surface area contributed by atoms with Crippen LogP contribution in [0.2, 0.25) is 0 Å². The van der Waals surface area contributed by atoms with Crippen molar-refractivity contribution < 1.29 is 8.91 Å². The van der Waals surface area contributed by atoms with Crippen molar-refractivity contribution in [1.82, 2.24) is 10.5 Å². The molecule has 0 aliphatic heterocycles. The summed E-state index contributed by atoms with van der Waals surface area (Å²) < 4.78 is 18.0. The van der Waals surface area contributed by atoms with Gasteiger partial charge in [-0.1, -0.05) is 19.0 Å². The van der Waals surface area contributed by atoms with E-state index >= 15 is 0 Å². The van der Waals surface area contributed by atoms with E-state index in [-0.39, 0.29) is 5.82 Å². The lowest BCUT2D eigenvalue weighted by atomic mass is 10.1. The van der Waals surface area contributed by atoms with Gasteiger partial charge in [-0.15, -0.1) is 0 Å². The molecule has 3 nitrogen and oxygen atoms in total. The van der Waals surface area contributed by atoms with Crippen molar-refractivity contribution in [2.75, 3.05) is 6.54 Å². The van der Waals surface area contributed by atoms with E-state index in [2.05, 4.69) is 24.3 Å². The number of rotatable bonds is 5. The maximum Gasteiger partial charge on any atom is 0.167 e. The molecule has 1 aromatic carbocycles. The summed E-state index contributed by atoms with van der Waals surface area (Å²) in [5, 5.41) is 7.27. The van der Waals surface area contributed by atoms with E-state index in [4.69, 9.17) is 4.52 Å². The zero-order chi connectivity index (χ0) is 13.0. The van der Waals surface area contributed by atoms with Crippen LogP contribution in [0.3, 0.4) is 0 Å². The first-order valence-corrected chi connectivity index (χ1v) is 6.07. The Kier molecular flexibility index (Phi) is 4.10. The minimum absolute atomic E-state index is 0.253. The molecule has 1 heterocycles. The van der Waals surface area contributed by atoms with E-state index in [9.17, 15) is 4.39 Å². The number of aromatic nitrogens is 1. The Morgan fingerprint density at radius 2 is 2.00 bits per heavy atom. The molecule has 2 rings (SSSR count). The number of benzene rings is 1. The normalized spacial score (nSPS) is 11.1. The van der Waals surface area contributed by atoms with Crippen LogP contribution in [0.5, 0.6) is 0 Å². The molecule has 0 atom stereocenters. The summed E-state index contributed by atoms with van der Waals surface area (Å²) in [5.74, 6) is 1.02. The van der Waals surface area contributed by atoms with Crippen LogP contribution in [0.1, 0.15) is 19.5 Å². The van der Waals surface area contributed by atoms with E-state index in [0.717, 1.165) is 17.8 Å². The molecule has 2 aromatic rings. The highest BCUT2D eigenvalue weighted by Crippen LogP contribution is 2.20. The van der Waals surface area contributed by atoms with Gasteiger partial charge in [0.1, 0.15) is 5.82 Å². The van der Waals surface area contributed by atoms with Crippen LogP contribution in [0.15, 0.2) is 34.9 Å². The van der Waals surface area contributed by atoms with Gasteiger partial charge in [0.25, 0.3) is 0 Å². The first kappa shape index (κ1) is 12.8. The molecule has 96 valence electrons. The quantitative estimate of drug-likeness (QED) is 0.882. The third-order valence-electron chi connectivity index (χ3n) is 2.55. The highest BCUT2D eigenvalue weighted by atomic mass is 19.1. The summed E-state index contributed by atoms with van der Waals surface area (Å²) in [4.78, 5) is 0. The number of hydrogen-bond acceptors (Lipinski definition) is 3. The highest BCUT2D eigenvalue weighted by Gasteiger charge is 2.06. The maximum atomic E-state index is 12.8. The van der Waals surface area contributed by atoms with Crippen LogP contribution in [0.4, 0.5) is 4.39 Å². The fourth-order valence-electron chi connectivity index (χ4n) is 1.63. The van der Waals surface area contributed by atoms with E-state index in [1.165, 1.54) is 12.1 Å². The third kappa shape index (κ3) is 3.40. The molecule has 0 aliphatic rings. The molecule has 0 unspecified atom stereocenters. The standard InChI is InChI=1S/C14H17FN2O/c1-10(2)8-16-9-13-7-14(18-17-13)11-3-5-12(15)6-4-11/h3-7,10,16H,8-9H2,1-2H3. The fourth-order valence-corrected chi connectivity index (χ4v) is 1.63. The van der Waals surface area contributed by atoms with E-state index in [0.29, 0.717) is 18.2 Å². The predicted molar refractivity (Wildman–Crippen MR) is 68.4 cm³/mol. The van der Waals surface area contributed by atoms with Crippen LogP contribution >= 0.6 is 0 Å². The second-order valence-electron chi connectivity index (χ2n) is 4.71. The van der Waals surface area contributed by atoms with Crippen LogP contribution < -0.4 is 5.32 Å². The number of halogens is 1. The van der Waals surface area contributed by atoms with Gasteiger partial charge in [-0.3, -0.25) is 0 Å². The van der Waals surface area contributed by atoms with Crippen LogP contribution in [0, 0.1) is 11.7 Å². The van der Waals surface area contributed by atoms with E-state index in [1.807, 2.05) is 6.07 Å². The van der Waals surface area contributed by atoms with E-state index < -0.39 is 0 Å². The van der Waals surface area contributed by atoms with Crippen LogP contribution in [-0.2, 0) is 6.54 Å². The van der Waals surface area contributed by atoms with Gasteiger partial charge < -0.3 is 9.84 Å². The van der Waals surface area contributed by atoms with Gasteiger partial charge in [-0.05, 0) is 36.7 Å². The molecule has 0 saturated carbocycles. The van der Waals surface area contributed by atoms with Gasteiger partial charge in [0.15, 0.2) is 5.76 Å². The highest BCUT2D eigenvalue weighted by molar-refractivity contribution is 5.56. The second-order valence-corrected chi connectivity index (χ2v) is 4.71. The van der Waals surface area contributed by atoms with Crippen molar-refractivity contribution >= 4 is 0 Å². The Bertz CT molecular complexity index is 491. The number of nitrogens with one attached hydrogen (secondary N) is 1. The van der Waals surface area contributed by atoms with Crippen molar-refractivity contribution in [2.24, 2.45) is 5.92 Å². The number of hydrogen-bond donors (Lipinski definition) is 1. The SMILES string of the molecule is CC(C)CNCc1cc(-c2ccc(F)cc2)on1. The maximum absolute atomic E-state index is 12.8. The minimum Gasteiger partial charge on any atom is -0.356 e. The predicted octanol–water partition coefficient (Wildman–Crippen LogP) is 3.23. The first-order chi connectivity index (χ1) is 8.65. The molecule has 0 bridgehead atoms. The average molecular weight is 248 g/mol. The second kappa shape index (κ2) is 5.78. The molecule has 4 heteroatoms. The third-order valence-corrected chi connectivity index (χ3v) is 2.55. The lowest BCUT2D eigenvalue weighted by Gasteiger charge is -2.04. The summed E-state index contributed by atoms with van der Waals surface area (Å²) >= 11 is 0. The molecule has 0 amide bonds. The van der Waals surface area contributed by atoms with Gasteiger partial charge in [0.05, 0.1) is 5.69 Å². The fraction of sp³-hybridized carbons (Fsp3) is 0.357. The van der Waals surface area contributed by atoms with Crippen molar-refractivity contribution in [3.05, 3.63) is 41.8 Å². The summed E-state index contributed by atoms with van der Waals surface area (Å²) in [5.41, 5.74) is 1.69. The molecular weight excluding hydrogens is 231 g/mol. The van der Waals surface area contributed by atoms with E-state index in [1.54, 1.807) is 12.1 Å². The molecule has 1 aromatic heterocycles. The van der Waals surface area contributed by atoms with Crippen molar-refractivity contribution in [3.63, 3.8) is 0 Å². The Morgan fingerprint density at radius 3 is 2.67 bits per heavy atom. The average Bonchev–Trinajstić information content (AvgIpc) is 2.78. The Balaban J connectivity index is 1.99. The monoisotopic (exact) mass is 248 g/mol. The molecule has 0 aliphatic carbocycles. The molecule has 0 saturated heterocycles. The summed E-state index contributed by atoms with van der Waals surface area (Å²) in [6.45, 7) is 5.93. The summed E-state index contributed by atoms with van der Waals surface area (Å²) in [6.07, 6.45) is 0. The Labute approximate surface area is 106 Å². The van der Waals surface area contributed by atoms with Crippen LogP contribution in [0.25, 0.3) is 11.3 Å². The zero-order valence-corrected chi connectivity index (χ0v) is 10.6. The Morgan fingerprint density at radius 1 is 1.28 bits per heavy atom. The molecular formula is C14H17FN2O. The Hall–Kier alpha value is -1.68. The van der Waals surface area contributed by atoms with Crippen LogP contribution in [-0.4, -0.2) is 11.7 Å². The molecule has 0 spiro atoms. The van der Waals surface area contributed by atoms with Gasteiger partial charge >= 0.3 is 0 Å². The number of nitrogens with zero attached hydrogens (tertiary/aromatic N) is 1. The zero-order valence-electron chi connectivity index (χ0n) is 10.6. The largest absolute Gasteiger partial charge is 0.356 e. The van der Waals surface area contributed by atoms with Gasteiger partial charge in [-0.2, -0.15) is 0 Å². The van der Waals surface area contributed by atoms with Crippen molar-refractivity contribution in [1.29, 1.82) is 0 Å². The van der Waals surface area contributed by atoms with Crippen molar-refractivity contribution in [3.8, 4) is 11.3 Å². The molecule has 0 fully saturated rings. The van der Waals surface area contributed by atoms with Gasteiger partial charge in [0, 0.05) is 18.2 Å². The lowest BCUT2D eigenvalue weighted by molar-refractivity contribution is 0.418. The first-order valence-electron chi connectivity index (χ1n) is 6.07. The minimum atomic E-state index is -0.253. The molecule has 18 heavy (non-hydrogen) atoms. The summed E-state index contributed by atoms with van der Waals surface area (Å²) in [7, 11) is 0. The van der Waals surface area contributed by atoms with Gasteiger partial charge in [-0.25, -0.2) is 4.39 Å². The van der Waals surface area contributed by atoms with Crippen molar-refractivity contribution in [2.45, 2.75) is 20.4 Å². The molecule has 1 N–H and O–H groups in total.